The van der Waals surface area contributed by atoms with E-state index in [1.54, 1.807) is 11.0 Å². The molecule has 0 spiro atoms. The molecule has 2 fully saturated rings. The third-order valence-electron chi connectivity index (χ3n) is 9.04. The smallest absolute Gasteiger partial charge is 0.319 e. The zero-order valence-corrected chi connectivity index (χ0v) is 27.3. The van der Waals surface area contributed by atoms with Crippen LogP contribution in [0.4, 0.5) is 10.2 Å². The zero-order chi connectivity index (χ0) is 32.2. The Hall–Kier alpha value is -3.80. The van der Waals surface area contributed by atoms with Crippen LogP contribution in [-0.4, -0.2) is 100.0 Å². The lowest BCUT2D eigenvalue weighted by molar-refractivity contribution is -0.128. The van der Waals surface area contributed by atoms with E-state index in [2.05, 4.69) is 31.6 Å². The number of hydrogen-bond donors (Lipinski definition) is 1. The summed E-state index contributed by atoms with van der Waals surface area (Å²) in [4.78, 5) is 28.2. The van der Waals surface area contributed by atoms with Crippen LogP contribution >= 0.6 is 11.6 Å². The number of anilines is 1. The number of hydrogen-bond acceptors (Lipinski definition) is 8. The van der Waals surface area contributed by atoms with Gasteiger partial charge in [-0.3, -0.25) is 9.89 Å². The first-order chi connectivity index (χ1) is 21.5. The Morgan fingerprint density at radius 3 is 2.71 bits per heavy atom. The molecule has 2 saturated heterocycles. The number of morpholine rings is 1. The highest BCUT2D eigenvalue weighted by Gasteiger charge is 2.35. The summed E-state index contributed by atoms with van der Waals surface area (Å²) in [5.41, 5.74) is 3.41. The molecule has 2 aliphatic rings. The summed E-state index contributed by atoms with van der Waals surface area (Å²) in [5, 5.41) is 8.90. The zero-order valence-electron chi connectivity index (χ0n) is 26.5. The number of halogens is 2. The van der Waals surface area contributed by atoms with E-state index in [0.717, 1.165) is 28.7 Å². The number of benzene rings is 2. The van der Waals surface area contributed by atoms with Crippen LogP contribution in [0.3, 0.4) is 0 Å². The van der Waals surface area contributed by atoms with Gasteiger partial charge in [-0.25, -0.2) is 4.39 Å². The summed E-state index contributed by atoms with van der Waals surface area (Å²) in [6, 6.07) is 5.35. The van der Waals surface area contributed by atoms with Gasteiger partial charge in [-0.15, -0.1) is 0 Å². The van der Waals surface area contributed by atoms with Crippen molar-refractivity contribution in [2.45, 2.75) is 58.9 Å². The van der Waals surface area contributed by atoms with Crippen LogP contribution < -0.4 is 9.64 Å². The number of ether oxygens (including phenoxy) is 2. The molecule has 4 aromatic rings. The lowest BCUT2D eigenvalue weighted by Crippen LogP contribution is -2.58. The number of aryl methyl sites for hydroxylation is 2. The largest absolute Gasteiger partial charge is 0.458 e. The minimum absolute atomic E-state index is 0.0490. The summed E-state index contributed by atoms with van der Waals surface area (Å²) in [7, 11) is 2.04. The second kappa shape index (κ2) is 12.2. The molecule has 0 saturated carbocycles. The fraction of sp³-hybridized carbons (Fsp3) is 0.455. The quantitative estimate of drug-likeness (QED) is 0.285. The van der Waals surface area contributed by atoms with Crippen molar-refractivity contribution < 1.29 is 18.7 Å². The molecular formula is C33H39ClFN7O3. The van der Waals surface area contributed by atoms with Crippen molar-refractivity contribution in [1.82, 2.24) is 30.0 Å². The molecule has 2 aromatic carbocycles. The number of aromatic amines is 1. The number of aromatic nitrogens is 4. The number of nitrogens with one attached hydrogen (secondary N) is 1. The standard InChI is InChI=1S/C33H39ClFN7O3/c1-8-26(43)41-14-19(4)42(15-18(41)3)32-22-13-23(34)29(27-17(2)9-10-24-28(27)20(5)38-39-24)30(35)31(22)36-33(37-32)45-21(6)25-16-40(7)11-12-44-25/h8-10,13,18-19,21,25H,1,11-12,14-16H2,2-7H3,(H,38,39)/t18-,19+,21?,25?/m1/s1. The van der Waals surface area contributed by atoms with Gasteiger partial charge in [0.25, 0.3) is 0 Å². The molecule has 2 aliphatic heterocycles. The molecule has 238 valence electrons. The minimum Gasteiger partial charge on any atom is -0.458 e. The van der Waals surface area contributed by atoms with E-state index in [0.29, 0.717) is 43.0 Å². The number of amides is 1. The van der Waals surface area contributed by atoms with Gasteiger partial charge >= 0.3 is 6.01 Å². The van der Waals surface area contributed by atoms with Crippen LogP contribution in [0.2, 0.25) is 5.02 Å². The van der Waals surface area contributed by atoms with Crippen molar-refractivity contribution in [3.05, 3.63) is 53.0 Å². The molecular weight excluding hydrogens is 597 g/mol. The van der Waals surface area contributed by atoms with Crippen LogP contribution in [0.1, 0.15) is 32.0 Å². The molecule has 12 heteroatoms. The molecule has 0 aliphatic carbocycles. The topological polar surface area (TPSA) is 99.7 Å². The van der Waals surface area contributed by atoms with Gasteiger partial charge in [0.1, 0.15) is 23.5 Å². The Morgan fingerprint density at radius 2 is 1.98 bits per heavy atom. The first kappa shape index (κ1) is 31.2. The average Bonchev–Trinajstić information content (AvgIpc) is 3.39. The van der Waals surface area contributed by atoms with Crippen molar-refractivity contribution in [2.75, 3.05) is 44.7 Å². The van der Waals surface area contributed by atoms with Crippen molar-refractivity contribution in [3.8, 4) is 17.1 Å². The Labute approximate surface area is 267 Å². The Kier molecular flexibility index (Phi) is 8.45. The Morgan fingerprint density at radius 1 is 1.20 bits per heavy atom. The predicted octanol–water partition coefficient (Wildman–Crippen LogP) is 5.29. The lowest BCUT2D eigenvalue weighted by atomic mass is 9.94. The third-order valence-corrected chi connectivity index (χ3v) is 9.34. The summed E-state index contributed by atoms with van der Waals surface area (Å²) in [6.45, 7) is 16.4. The van der Waals surface area contributed by atoms with Gasteiger partial charge in [-0.1, -0.05) is 24.2 Å². The number of nitrogens with zero attached hydrogens (tertiary/aromatic N) is 6. The monoisotopic (exact) mass is 635 g/mol. The maximum absolute atomic E-state index is 17.0. The van der Waals surface area contributed by atoms with E-state index in [-0.39, 0.29) is 46.2 Å². The lowest BCUT2D eigenvalue weighted by Gasteiger charge is -2.44. The summed E-state index contributed by atoms with van der Waals surface area (Å²) < 4.78 is 29.4. The highest BCUT2D eigenvalue weighted by atomic mass is 35.5. The van der Waals surface area contributed by atoms with Crippen molar-refractivity contribution in [2.24, 2.45) is 0 Å². The first-order valence-electron chi connectivity index (χ1n) is 15.3. The van der Waals surface area contributed by atoms with Gasteiger partial charge < -0.3 is 24.2 Å². The Bertz CT molecular complexity index is 1800. The number of H-pyrrole nitrogens is 1. The van der Waals surface area contributed by atoms with Crippen molar-refractivity contribution >= 4 is 45.1 Å². The molecule has 0 radical (unpaired) electrons. The van der Waals surface area contributed by atoms with Crippen LogP contribution in [0, 0.1) is 19.7 Å². The van der Waals surface area contributed by atoms with Gasteiger partial charge in [-0.2, -0.15) is 15.1 Å². The normalized spacial score (nSPS) is 21.8. The minimum atomic E-state index is -0.565. The van der Waals surface area contributed by atoms with Crippen molar-refractivity contribution in [1.29, 1.82) is 0 Å². The number of rotatable bonds is 6. The fourth-order valence-electron chi connectivity index (χ4n) is 6.54. The molecule has 45 heavy (non-hydrogen) atoms. The van der Waals surface area contributed by atoms with E-state index < -0.39 is 11.9 Å². The molecule has 10 nitrogen and oxygen atoms in total. The first-order valence-corrected chi connectivity index (χ1v) is 15.7. The van der Waals surface area contributed by atoms with Gasteiger partial charge in [0, 0.05) is 60.2 Å². The van der Waals surface area contributed by atoms with Crippen LogP contribution in [0.25, 0.3) is 32.9 Å². The fourth-order valence-corrected chi connectivity index (χ4v) is 6.83. The van der Waals surface area contributed by atoms with Crippen LogP contribution in [0.15, 0.2) is 30.9 Å². The summed E-state index contributed by atoms with van der Waals surface area (Å²) in [6.07, 6.45) is 0.738. The van der Waals surface area contributed by atoms with Crippen LogP contribution in [0.5, 0.6) is 6.01 Å². The van der Waals surface area contributed by atoms with E-state index in [1.165, 1.54) is 6.08 Å². The molecule has 1 amide bonds. The highest BCUT2D eigenvalue weighted by Crippen LogP contribution is 2.43. The molecule has 4 atom stereocenters. The molecule has 1 N–H and O–H groups in total. The van der Waals surface area contributed by atoms with Crippen molar-refractivity contribution in [3.63, 3.8) is 0 Å². The van der Waals surface area contributed by atoms with E-state index in [1.807, 2.05) is 53.8 Å². The van der Waals surface area contributed by atoms with Gasteiger partial charge in [0.15, 0.2) is 5.82 Å². The molecule has 2 aromatic heterocycles. The van der Waals surface area contributed by atoms with E-state index in [4.69, 9.17) is 26.1 Å². The van der Waals surface area contributed by atoms with Gasteiger partial charge in [0.05, 0.1) is 22.8 Å². The Balaban J connectivity index is 1.52. The SMILES string of the molecule is C=CC(=O)N1C[C@H](C)N(c2nc(OC(C)C3CN(C)CCO3)nc3c(F)c(-c4c(C)ccc5[nH]nc(C)c45)c(Cl)cc23)C[C@H]1C. The summed E-state index contributed by atoms with van der Waals surface area (Å²) >= 11 is 6.97. The van der Waals surface area contributed by atoms with E-state index in [9.17, 15) is 4.79 Å². The highest BCUT2D eigenvalue weighted by molar-refractivity contribution is 6.35. The number of carbonyl (C=O) groups excluding carboxylic acids is 1. The summed E-state index contributed by atoms with van der Waals surface area (Å²) in [5.74, 6) is -0.199. The maximum Gasteiger partial charge on any atom is 0.319 e. The average molecular weight is 636 g/mol. The second-order valence-electron chi connectivity index (χ2n) is 12.3. The predicted molar refractivity (Wildman–Crippen MR) is 175 cm³/mol. The van der Waals surface area contributed by atoms with Gasteiger partial charge in [-0.05, 0) is 65.4 Å². The molecule has 0 bridgehead atoms. The van der Waals surface area contributed by atoms with E-state index >= 15 is 4.39 Å². The number of piperazine rings is 1. The number of fused-ring (bicyclic) bond motifs is 2. The number of carbonyl (C=O) groups is 1. The molecule has 6 rings (SSSR count). The maximum atomic E-state index is 17.0. The van der Waals surface area contributed by atoms with Gasteiger partial charge in [0.2, 0.25) is 5.91 Å². The molecule has 2 unspecified atom stereocenters. The number of likely N-dealkylation sites (N-methyl/N-ethyl adjacent to an activating group) is 1. The third kappa shape index (κ3) is 5.62. The van der Waals surface area contributed by atoms with Crippen LogP contribution in [-0.2, 0) is 9.53 Å². The second-order valence-corrected chi connectivity index (χ2v) is 12.7. The molecule has 4 heterocycles.